The Balaban J connectivity index is 2.13. The summed E-state index contributed by atoms with van der Waals surface area (Å²) in [5.41, 5.74) is 1.57. The van der Waals surface area contributed by atoms with E-state index < -0.39 is 21.7 Å². The third-order valence-corrected chi connectivity index (χ3v) is 4.10. The van der Waals surface area contributed by atoms with Gasteiger partial charge in [0.2, 0.25) is 0 Å². The second-order valence-electron chi connectivity index (χ2n) is 3.97. The van der Waals surface area contributed by atoms with Gasteiger partial charge < -0.3 is 0 Å². The van der Waals surface area contributed by atoms with Crippen LogP contribution in [0.5, 0.6) is 0 Å². The van der Waals surface area contributed by atoms with Crippen molar-refractivity contribution in [2.75, 3.05) is 0 Å². The third kappa shape index (κ3) is 3.57. The maximum atomic E-state index is 13.6. The summed E-state index contributed by atoms with van der Waals surface area (Å²) in [6.07, 6.45) is 0. The zero-order chi connectivity index (χ0) is 15.5. The van der Waals surface area contributed by atoms with Crippen molar-refractivity contribution < 1.29 is 17.6 Å². The van der Waals surface area contributed by atoms with Gasteiger partial charge in [0.25, 0.3) is 15.9 Å². The van der Waals surface area contributed by atoms with E-state index in [9.17, 15) is 17.6 Å². The van der Waals surface area contributed by atoms with Crippen molar-refractivity contribution in [1.29, 1.82) is 0 Å². The molecule has 0 fully saturated rings. The number of halogens is 2. The van der Waals surface area contributed by atoms with Gasteiger partial charge in [-0.15, -0.1) is 4.83 Å². The van der Waals surface area contributed by atoms with Crippen LogP contribution < -0.4 is 10.3 Å². The number of carbonyl (C=O) groups excluding carboxylic acids is 1. The topological polar surface area (TPSA) is 75.3 Å². The lowest BCUT2D eigenvalue weighted by Gasteiger charge is -2.09. The molecule has 5 nitrogen and oxygen atoms in total. The fourth-order valence-electron chi connectivity index (χ4n) is 1.52. The van der Waals surface area contributed by atoms with Crippen molar-refractivity contribution in [3.8, 4) is 0 Å². The highest BCUT2D eigenvalue weighted by molar-refractivity contribution is 7.89. The molecule has 2 rings (SSSR count). The molecule has 2 aromatic rings. The van der Waals surface area contributed by atoms with Crippen LogP contribution in [0.25, 0.3) is 0 Å². The zero-order valence-corrected chi connectivity index (χ0v) is 12.1. The fourth-order valence-corrected chi connectivity index (χ4v) is 2.55. The first-order valence-electron chi connectivity index (χ1n) is 5.73. The Kier molecular flexibility index (Phi) is 4.56. The molecule has 0 saturated heterocycles. The molecule has 0 spiro atoms. The van der Waals surface area contributed by atoms with Gasteiger partial charge in [-0.2, -0.15) is 0 Å². The van der Waals surface area contributed by atoms with E-state index in [-0.39, 0.29) is 15.5 Å². The minimum absolute atomic E-state index is 0.0307. The lowest BCUT2D eigenvalue weighted by molar-refractivity contribution is 0.0941. The summed E-state index contributed by atoms with van der Waals surface area (Å²) in [5.74, 6) is -1.87. The predicted molar refractivity (Wildman–Crippen MR) is 75.6 cm³/mol. The first-order valence-corrected chi connectivity index (χ1v) is 7.59. The molecule has 0 aliphatic carbocycles. The molecule has 21 heavy (non-hydrogen) atoms. The predicted octanol–water partition coefficient (Wildman–Crippen LogP) is 2.10. The molecular weight excluding hydrogens is 319 g/mol. The van der Waals surface area contributed by atoms with Gasteiger partial charge in [-0.05, 0) is 24.3 Å². The van der Waals surface area contributed by atoms with Gasteiger partial charge in [-0.1, -0.05) is 35.9 Å². The maximum Gasteiger partial charge on any atom is 0.269 e. The molecule has 2 N–H and O–H groups in total. The van der Waals surface area contributed by atoms with Gasteiger partial charge in [0.1, 0.15) is 0 Å². The van der Waals surface area contributed by atoms with E-state index in [4.69, 9.17) is 11.6 Å². The molecule has 110 valence electrons. The molecular formula is C13H10ClFN2O3S. The molecule has 0 aromatic heterocycles. The van der Waals surface area contributed by atoms with Crippen LogP contribution in [-0.4, -0.2) is 14.3 Å². The largest absolute Gasteiger partial charge is 0.273 e. The van der Waals surface area contributed by atoms with Crippen LogP contribution in [0.15, 0.2) is 53.4 Å². The number of benzene rings is 2. The normalized spacial score (nSPS) is 11.1. The smallest absolute Gasteiger partial charge is 0.269 e. The lowest BCUT2D eigenvalue weighted by atomic mass is 10.2. The van der Waals surface area contributed by atoms with Crippen LogP contribution in [0.1, 0.15) is 10.4 Å². The van der Waals surface area contributed by atoms with Gasteiger partial charge in [0, 0.05) is 0 Å². The minimum atomic E-state index is -3.92. The number of amides is 1. The van der Waals surface area contributed by atoms with E-state index in [0.29, 0.717) is 0 Å². The van der Waals surface area contributed by atoms with Crippen molar-refractivity contribution in [2.45, 2.75) is 4.90 Å². The van der Waals surface area contributed by atoms with Crippen molar-refractivity contribution in [1.82, 2.24) is 10.3 Å². The quantitative estimate of drug-likeness (QED) is 0.844. The summed E-state index contributed by atoms with van der Waals surface area (Å²) < 4.78 is 37.4. The SMILES string of the molecule is O=C(NNS(=O)(=O)c1ccccc1)c1cccc(Cl)c1F. The summed E-state index contributed by atoms with van der Waals surface area (Å²) in [7, 11) is -3.92. The number of rotatable bonds is 4. The van der Waals surface area contributed by atoms with E-state index in [1.807, 2.05) is 10.3 Å². The molecule has 0 heterocycles. The van der Waals surface area contributed by atoms with Crippen molar-refractivity contribution >= 4 is 27.5 Å². The Hall–Kier alpha value is -1.96. The fraction of sp³-hybridized carbons (Fsp3) is 0. The van der Waals surface area contributed by atoms with Gasteiger partial charge in [-0.25, -0.2) is 12.8 Å². The van der Waals surface area contributed by atoms with E-state index >= 15 is 0 Å². The van der Waals surface area contributed by atoms with Crippen LogP contribution in [0.3, 0.4) is 0 Å². The molecule has 2 aromatic carbocycles. The van der Waals surface area contributed by atoms with E-state index in [1.165, 1.54) is 42.5 Å². The van der Waals surface area contributed by atoms with Crippen molar-refractivity contribution in [3.63, 3.8) is 0 Å². The molecule has 0 aliphatic heterocycles. The number of carbonyl (C=O) groups is 1. The molecule has 0 radical (unpaired) electrons. The number of hydrazine groups is 1. The highest BCUT2D eigenvalue weighted by Crippen LogP contribution is 2.17. The number of hydrogen-bond acceptors (Lipinski definition) is 3. The maximum absolute atomic E-state index is 13.6. The van der Waals surface area contributed by atoms with Crippen molar-refractivity contribution in [2.24, 2.45) is 0 Å². The van der Waals surface area contributed by atoms with Gasteiger partial charge in [0.15, 0.2) is 5.82 Å². The van der Waals surface area contributed by atoms with E-state index in [0.717, 1.165) is 0 Å². The first-order chi connectivity index (χ1) is 9.92. The second kappa shape index (κ2) is 6.21. The van der Waals surface area contributed by atoms with Crippen molar-refractivity contribution in [3.05, 3.63) is 64.9 Å². The molecule has 0 saturated carbocycles. The van der Waals surface area contributed by atoms with Crippen LogP contribution >= 0.6 is 11.6 Å². The summed E-state index contributed by atoms with van der Waals surface area (Å²) in [4.78, 5) is 13.6. The standard InChI is InChI=1S/C13H10ClFN2O3S/c14-11-8-4-7-10(12(11)15)13(18)16-17-21(19,20)9-5-2-1-3-6-9/h1-8,17H,(H,16,18). The first kappa shape index (κ1) is 15.4. The minimum Gasteiger partial charge on any atom is -0.273 e. The Morgan fingerprint density at radius 2 is 1.71 bits per heavy atom. The molecule has 0 aliphatic rings. The molecule has 1 amide bonds. The highest BCUT2D eigenvalue weighted by atomic mass is 35.5. The summed E-state index contributed by atoms with van der Waals surface area (Å²) in [5, 5.41) is -0.228. The second-order valence-corrected chi connectivity index (χ2v) is 6.06. The Morgan fingerprint density at radius 3 is 2.38 bits per heavy atom. The Morgan fingerprint density at radius 1 is 1.05 bits per heavy atom. The van der Waals surface area contributed by atoms with Crippen LogP contribution in [0, 0.1) is 5.82 Å². The van der Waals surface area contributed by atoms with E-state index in [1.54, 1.807) is 6.07 Å². The monoisotopic (exact) mass is 328 g/mol. The van der Waals surface area contributed by atoms with Gasteiger partial charge in [-0.3, -0.25) is 10.2 Å². The Bertz CT molecular complexity index is 766. The zero-order valence-electron chi connectivity index (χ0n) is 10.5. The third-order valence-electron chi connectivity index (χ3n) is 2.55. The average molecular weight is 329 g/mol. The van der Waals surface area contributed by atoms with Gasteiger partial charge >= 0.3 is 0 Å². The lowest BCUT2D eigenvalue weighted by Crippen LogP contribution is -2.41. The Labute approximate surface area is 125 Å². The summed E-state index contributed by atoms with van der Waals surface area (Å²) in [6, 6.07) is 11.3. The average Bonchev–Trinajstić information content (AvgIpc) is 2.49. The molecule has 0 bridgehead atoms. The molecule has 0 unspecified atom stereocenters. The van der Waals surface area contributed by atoms with E-state index in [2.05, 4.69) is 0 Å². The molecule has 8 heteroatoms. The van der Waals surface area contributed by atoms with Crippen LogP contribution in [0.4, 0.5) is 4.39 Å². The highest BCUT2D eigenvalue weighted by Gasteiger charge is 2.18. The number of sulfonamides is 1. The summed E-state index contributed by atoms with van der Waals surface area (Å²) in [6.45, 7) is 0. The number of hydrogen-bond donors (Lipinski definition) is 2. The van der Waals surface area contributed by atoms with Crippen LogP contribution in [-0.2, 0) is 10.0 Å². The van der Waals surface area contributed by atoms with Crippen LogP contribution in [0.2, 0.25) is 5.02 Å². The summed E-state index contributed by atoms with van der Waals surface area (Å²) >= 11 is 5.55. The number of nitrogens with one attached hydrogen (secondary N) is 2. The molecule has 0 atom stereocenters. The van der Waals surface area contributed by atoms with Gasteiger partial charge in [0.05, 0.1) is 15.5 Å².